The minimum atomic E-state index is -1.01. The second kappa shape index (κ2) is 5.38. The highest BCUT2D eigenvalue weighted by Gasteiger charge is 2.16. The van der Waals surface area contributed by atoms with E-state index in [-0.39, 0.29) is 11.7 Å². The maximum absolute atomic E-state index is 10.9. The Bertz CT molecular complexity index is 811. The number of nitrogens with zero attached hydrogens (tertiary/aromatic N) is 3. The molecular formula is C13H12N4O2S2. The molecule has 6 nitrogen and oxygen atoms in total. The Morgan fingerprint density at radius 3 is 2.86 bits per heavy atom. The standard InChI is InChI=1S/C13H12N4O2S2/c1-6-3-20-10-9(6)14-5-15-11(10)16-7(2)12-17-8(4-21-12)13(18)19/h3-5,7H,1-2H3,(H,18,19)(H,14,15,16). The van der Waals surface area contributed by atoms with Gasteiger partial charge in [-0.3, -0.25) is 0 Å². The number of aromatic carboxylic acids is 1. The number of thiazole rings is 1. The van der Waals surface area contributed by atoms with Crippen molar-refractivity contribution in [2.75, 3.05) is 5.32 Å². The minimum Gasteiger partial charge on any atom is -0.476 e. The second-order valence-corrected chi connectivity index (χ2v) is 6.33. The number of rotatable bonds is 4. The molecule has 0 spiro atoms. The molecule has 0 aromatic carbocycles. The van der Waals surface area contributed by atoms with Gasteiger partial charge >= 0.3 is 5.97 Å². The molecule has 0 saturated heterocycles. The van der Waals surface area contributed by atoms with Gasteiger partial charge in [0.05, 0.1) is 16.3 Å². The Hall–Kier alpha value is -2.06. The summed E-state index contributed by atoms with van der Waals surface area (Å²) in [6.45, 7) is 3.94. The Balaban J connectivity index is 1.88. The van der Waals surface area contributed by atoms with E-state index in [1.807, 2.05) is 19.2 Å². The van der Waals surface area contributed by atoms with Crippen LogP contribution in [0.4, 0.5) is 5.82 Å². The summed E-state index contributed by atoms with van der Waals surface area (Å²) in [5.41, 5.74) is 2.13. The molecule has 0 amide bonds. The van der Waals surface area contributed by atoms with Gasteiger partial charge in [0, 0.05) is 5.38 Å². The summed E-state index contributed by atoms with van der Waals surface area (Å²) in [6, 6.07) is -0.122. The first-order valence-corrected chi connectivity index (χ1v) is 7.96. The largest absolute Gasteiger partial charge is 0.476 e. The molecule has 0 fully saturated rings. The molecule has 0 aliphatic heterocycles. The van der Waals surface area contributed by atoms with Crippen molar-refractivity contribution in [2.45, 2.75) is 19.9 Å². The molecule has 0 bridgehead atoms. The van der Waals surface area contributed by atoms with Crippen molar-refractivity contribution in [1.82, 2.24) is 15.0 Å². The average Bonchev–Trinajstić information content (AvgIpc) is 3.07. The van der Waals surface area contributed by atoms with Crippen molar-refractivity contribution in [3.8, 4) is 0 Å². The maximum atomic E-state index is 10.9. The number of carboxylic acid groups (broad SMARTS) is 1. The van der Waals surface area contributed by atoms with Crippen molar-refractivity contribution in [1.29, 1.82) is 0 Å². The van der Waals surface area contributed by atoms with Crippen LogP contribution in [0.1, 0.15) is 34.0 Å². The molecule has 3 rings (SSSR count). The smallest absolute Gasteiger partial charge is 0.355 e. The van der Waals surface area contributed by atoms with E-state index in [9.17, 15) is 4.79 Å². The lowest BCUT2D eigenvalue weighted by atomic mass is 10.3. The normalized spacial score (nSPS) is 12.5. The molecule has 108 valence electrons. The number of hydrogen-bond donors (Lipinski definition) is 2. The zero-order valence-electron chi connectivity index (χ0n) is 11.3. The predicted molar refractivity (Wildman–Crippen MR) is 83.3 cm³/mol. The monoisotopic (exact) mass is 320 g/mol. The summed E-state index contributed by atoms with van der Waals surface area (Å²) in [7, 11) is 0. The van der Waals surface area contributed by atoms with E-state index in [1.54, 1.807) is 16.7 Å². The molecule has 0 aliphatic rings. The highest BCUT2D eigenvalue weighted by Crippen LogP contribution is 2.31. The van der Waals surface area contributed by atoms with Crippen LogP contribution < -0.4 is 5.32 Å². The van der Waals surface area contributed by atoms with Crippen LogP contribution in [0, 0.1) is 6.92 Å². The van der Waals surface area contributed by atoms with Crippen LogP contribution in [0.15, 0.2) is 17.1 Å². The Morgan fingerprint density at radius 2 is 2.14 bits per heavy atom. The first-order valence-electron chi connectivity index (χ1n) is 6.20. The molecule has 1 unspecified atom stereocenters. The number of anilines is 1. The summed E-state index contributed by atoms with van der Waals surface area (Å²) in [4.78, 5) is 23.5. The number of nitrogens with one attached hydrogen (secondary N) is 1. The van der Waals surface area contributed by atoms with E-state index in [4.69, 9.17) is 5.11 Å². The maximum Gasteiger partial charge on any atom is 0.355 e. The van der Waals surface area contributed by atoms with E-state index >= 15 is 0 Å². The zero-order chi connectivity index (χ0) is 15.0. The Kier molecular flexibility index (Phi) is 3.56. The molecule has 0 radical (unpaired) electrons. The predicted octanol–water partition coefficient (Wildman–Crippen LogP) is 3.33. The van der Waals surface area contributed by atoms with Gasteiger partial charge in [-0.2, -0.15) is 0 Å². The van der Waals surface area contributed by atoms with E-state index in [2.05, 4.69) is 20.3 Å². The van der Waals surface area contributed by atoms with E-state index in [0.29, 0.717) is 5.01 Å². The van der Waals surface area contributed by atoms with Crippen molar-refractivity contribution >= 4 is 44.7 Å². The highest BCUT2D eigenvalue weighted by atomic mass is 32.1. The molecule has 1 atom stereocenters. The average molecular weight is 320 g/mol. The number of carbonyl (C=O) groups is 1. The summed E-state index contributed by atoms with van der Waals surface area (Å²) in [5.74, 6) is -0.263. The van der Waals surface area contributed by atoms with Crippen LogP contribution >= 0.6 is 22.7 Å². The molecule has 21 heavy (non-hydrogen) atoms. The second-order valence-electron chi connectivity index (χ2n) is 4.56. The van der Waals surface area contributed by atoms with Crippen molar-refractivity contribution in [2.24, 2.45) is 0 Å². The number of carboxylic acids is 1. The summed E-state index contributed by atoms with van der Waals surface area (Å²) in [5, 5.41) is 16.5. The van der Waals surface area contributed by atoms with Crippen molar-refractivity contribution < 1.29 is 9.90 Å². The molecule has 2 N–H and O–H groups in total. The van der Waals surface area contributed by atoms with Crippen molar-refractivity contribution in [3.63, 3.8) is 0 Å². The third-order valence-electron chi connectivity index (χ3n) is 3.00. The van der Waals surface area contributed by atoms with E-state index in [1.165, 1.54) is 17.7 Å². The SMILES string of the molecule is Cc1csc2c(NC(C)c3nc(C(=O)O)cs3)ncnc12. The Morgan fingerprint density at radius 1 is 1.33 bits per heavy atom. The van der Waals surface area contributed by atoms with Crippen LogP contribution in [0.2, 0.25) is 0 Å². The molecule has 3 aromatic heterocycles. The van der Waals surface area contributed by atoms with Gasteiger partial charge < -0.3 is 10.4 Å². The fraction of sp³-hybridized carbons (Fsp3) is 0.231. The molecule has 3 heterocycles. The fourth-order valence-electron chi connectivity index (χ4n) is 1.92. The van der Waals surface area contributed by atoms with Gasteiger partial charge in [0.25, 0.3) is 0 Å². The molecule has 3 aromatic rings. The number of fused-ring (bicyclic) bond motifs is 1. The first-order chi connectivity index (χ1) is 10.1. The lowest BCUT2D eigenvalue weighted by molar-refractivity contribution is 0.0691. The van der Waals surface area contributed by atoms with Crippen LogP contribution in [-0.4, -0.2) is 26.0 Å². The van der Waals surface area contributed by atoms with E-state index < -0.39 is 5.97 Å². The summed E-state index contributed by atoms with van der Waals surface area (Å²) in [6.07, 6.45) is 1.53. The van der Waals surface area contributed by atoms with Gasteiger partial charge in [0.15, 0.2) is 5.69 Å². The number of aromatic nitrogens is 3. The van der Waals surface area contributed by atoms with Crippen LogP contribution in [0.25, 0.3) is 10.2 Å². The van der Waals surface area contributed by atoms with Crippen LogP contribution in [0.3, 0.4) is 0 Å². The van der Waals surface area contributed by atoms with Crippen LogP contribution in [-0.2, 0) is 0 Å². The highest BCUT2D eigenvalue weighted by molar-refractivity contribution is 7.18. The van der Waals surface area contributed by atoms with Gasteiger partial charge in [-0.1, -0.05) is 0 Å². The molecule has 0 aliphatic carbocycles. The molecule has 0 saturated carbocycles. The van der Waals surface area contributed by atoms with Gasteiger partial charge in [-0.15, -0.1) is 22.7 Å². The zero-order valence-corrected chi connectivity index (χ0v) is 13.0. The Labute approximate surface area is 128 Å². The number of aryl methyl sites for hydroxylation is 1. The first kappa shape index (κ1) is 13.9. The quantitative estimate of drug-likeness (QED) is 0.766. The summed E-state index contributed by atoms with van der Waals surface area (Å²) < 4.78 is 0.997. The van der Waals surface area contributed by atoms with Gasteiger partial charge in [-0.25, -0.2) is 19.7 Å². The van der Waals surface area contributed by atoms with Gasteiger partial charge in [-0.05, 0) is 24.8 Å². The van der Waals surface area contributed by atoms with Gasteiger partial charge in [0.2, 0.25) is 0 Å². The fourth-order valence-corrected chi connectivity index (χ4v) is 3.68. The molecular weight excluding hydrogens is 308 g/mol. The summed E-state index contributed by atoms with van der Waals surface area (Å²) >= 11 is 2.91. The van der Waals surface area contributed by atoms with Gasteiger partial charge in [0.1, 0.15) is 17.2 Å². The third-order valence-corrected chi connectivity index (χ3v) is 5.12. The number of thiophene rings is 1. The van der Waals surface area contributed by atoms with Crippen molar-refractivity contribution in [3.05, 3.63) is 33.4 Å². The van der Waals surface area contributed by atoms with Crippen LogP contribution in [0.5, 0.6) is 0 Å². The number of hydrogen-bond acceptors (Lipinski definition) is 7. The lowest BCUT2D eigenvalue weighted by Crippen LogP contribution is -2.08. The molecule has 8 heteroatoms. The minimum absolute atomic E-state index is 0.0726. The topological polar surface area (TPSA) is 88.0 Å². The third kappa shape index (κ3) is 2.59. The van der Waals surface area contributed by atoms with E-state index in [0.717, 1.165) is 21.6 Å². The lowest BCUT2D eigenvalue weighted by Gasteiger charge is -2.12.